The van der Waals surface area contributed by atoms with Crippen molar-refractivity contribution >= 4 is 16.1 Å². The Morgan fingerprint density at radius 3 is 1.67 bits per heavy atom. The van der Waals surface area contributed by atoms with Crippen molar-refractivity contribution in [3.8, 4) is 0 Å². The van der Waals surface area contributed by atoms with Gasteiger partial charge in [0.05, 0.1) is 5.56 Å². The Balaban J connectivity index is 1.41. The zero-order chi connectivity index (χ0) is 27.0. The number of esters is 1. The standard InChI is InChI=1S/C33H48O5S/c34-32(38-33(39(35,36)37)30-19-22-16-17-26(30)18-22)31-28(24-12-6-2-7-13-24)20-27(23-10-4-1-5-11-23)21-29(31)25-14-8-3-9-15-25/h20-26,30,33H,1-19H2,(H,35,36,37). The van der Waals surface area contributed by atoms with Gasteiger partial charge in [-0.2, -0.15) is 8.42 Å². The lowest BCUT2D eigenvalue weighted by Crippen LogP contribution is -2.37. The van der Waals surface area contributed by atoms with Crippen molar-refractivity contribution in [3.05, 3.63) is 34.4 Å². The Hall–Kier alpha value is -1.40. The molecule has 39 heavy (non-hydrogen) atoms. The minimum absolute atomic E-state index is 0.221. The van der Waals surface area contributed by atoms with Crippen molar-refractivity contribution in [1.82, 2.24) is 0 Å². The van der Waals surface area contributed by atoms with E-state index in [2.05, 4.69) is 12.1 Å². The Morgan fingerprint density at radius 2 is 1.23 bits per heavy atom. The third-order valence-electron chi connectivity index (χ3n) is 11.3. The summed E-state index contributed by atoms with van der Waals surface area (Å²) < 4.78 is 41.7. The molecular formula is C33H48O5S. The molecule has 0 spiro atoms. The lowest BCUT2D eigenvalue weighted by atomic mass is 9.73. The number of rotatable bonds is 7. The average molecular weight is 557 g/mol. The molecule has 1 aromatic carbocycles. The predicted molar refractivity (Wildman–Crippen MR) is 154 cm³/mol. The molecule has 1 N–H and O–H groups in total. The first-order valence-corrected chi connectivity index (χ1v) is 17.7. The molecule has 4 unspecified atom stereocenters. The molecule has 1 aromatic rings. The first-order valence-electron chi connectivity index (χ1n) is 16.2. The van der Waals surface area contributed by atoms with Gasteiger partial charge in [-0.25, -0.2) is 4.79 Å². The smallest absolute Gasteiger partial charge is 0.340 e. The third-order valence-corrected chi connectivity index (χ3v) is 12.3. The van der Waals surface area contributed by atoms with Crippen molar-refractivity contribution in [1.29, 1.82) is 0 Å². The van der Waals surface area contributed by atoms with Crippen LogP contribution in [0.3, 0.4) is 0 Å². The van der Waals surface area contributed by atoms with Crippen LogP contribution in [0.25, 0.3) is 0 Å². The number of hydrogen-bond donors (Lipinski definition) is 1. The number of ether oxygens (including phenoxy) is 1. The fraction of sp³-hybridized carbons (Fsp3) is 0.788. The molecule has 0 saturated heterocycles. The lowest BCUT2D eigenvalue weighted by Gasteiger charge is -2.33. The second-order valence-electron chi connectivity index (χ2n) is 13.7. The highest BCUT2D eigenvalue weighted by Crippen LogP contribution is 2.51. The summed E-state index contributed by atoms with van der Waals surface area (Å²) in [6.45, 7) is 0. The third kappa shape index (κ3) is 5.98. The monoisotopic (exact) mass is 556 g/mol. The van der Waals surface area contributed by atoms with Crippen LogP contribution in [0.5, 0.6) is 0 Å². The summed E-state index contributed by atoms with van der Waals surface area (Å²) in [6, 6.07) is 4.66. The van der Waals surface area contributed by atoms with Crippen LogP contribution in [0.15, 0.2) is 12.1 Å². The maximum atomic E-state index is 14.3. The SMILES string of the molecule is O=C(OC(C1CC2CCC1C2)S(=O)(=O)O)c1c(C2CCCCC2)cc(C2CCCCC2)cc1C1CCCCC1. The van der Waals surface area contributed by atoms with Crippen LogP contribution in [-0.2, 0) is 14.9 Å². The second-order valence-corrected chi connectivity index (χ2v) is 15.2. The number of carbonyl (C=O) groups is 1. The van der Waals surface area contributed by atoms with Crippen LogP contribution in [0, 0.1) is 17.8 Å². The zero-order valence-corrected chi connectivity index (χ0v) is 24.4. The molecule has 6 heteroatoms. The van der Waals surface area contributed by atoms with Gasteiger partial charge in [-0.15, -0.1) is 0 Å². The van der Waals surface area contributed by atoms with Crippen molar-refractivity contribution in [2.24, 2.45) is 17.8 Å². The van der Waals surface area contributed by atoms with Crippen LogP contribution in [0.2, 0.25) is 0 Å². The van der Waals surface area contributed by atoms with Gasteiger partial charge in [0, 0.05) is 5.92 Å². The van der Waals surface area contributed by atoms with Gasteiger partial charge in [0.25, 0.3) is 0 Å². The molecular weight excluding hydrogens is 508 g/mol. The van der Waals surface area contributed by atoms with Gasteiger partial charge >= 0.3 is 16.1 Å². The van der Waals surface area contributed by atoms with Gasteiger partial charge in [0.1, 0.15) is 0 Å². The molecule has 216 valence electrons. The van der Waals surface area contributed by atoms with E-state index < -0.39 is 21.5 Å². The highest BCUT2D eigenvalue weighted by atomic mass is 32.2. The molecule has 6 rings (SSSR count). The molecule has 0 heterocycles. The molecule has 0 aliphatic heterocycles. The molecule has 2 bridgehead atoms. The largest absolute Gasteiger partial charge is 0.439 e. The highest BCUT2D eigenvalue weighted by Gasteiger charge is 2.49. The highest BCUT2D eigenvalue weighted by molar-refractivity contribution is 7.86. The van der Waals surface area contributed by atoms with E-state index in [4.69, 9.17) is 4.74 Å². The lowest BCUT2D eigenvalue weighted by molar-refractivity contribution is 0.0259. The summed E-state index contributed by atoms with van der Waals surface area (Å²) in [5, 5.41) is 0. The average Bonchev–Trinajstić information content (AvgIpc) is 3.60. The van der Waals surface area contributed by atoms with Crippen molar-refractivity contribution in [2.45, 2.75) is 145 Å². The Morgan fingerprint density at radius 1 is 0.718 bits per heavy atom. The fourth-order valence-electron chi connectivity index (χ4n) is 9.25. The van der Waals surface area contributed by atoms with E-state index in [-0.39, 0.29) is 11.8 Å². The van der Waals surface area contributed by atoms with E-state index in [1.165, 1.54) is 76.2 Å². The second kappa shape index (κ2) is 11.8. The van der Waals surface area contributed by atoms with Crippen LogP contribution >= 0.6 is 0 Å². The Kier molecular flexibility index (Phi) is 8.42. The number of benzene rings is 1. The van der Waals surface area contributed by atoms with Crippen molar-refractivity contribution < 1.29 is 22.5 Å². The number of hydrogen-bond acceptors (Lipinski definition) is 4. The van der Waals surface area contributed by atoms with Crippen molar-refractivity contribution in [3.63, 3.8) is 0 Å². The molecule has 5 aliphatic carbocycles. The first-order chi connectivity index (χ1) is 18.9. The van der Waals surface area contributed by atoms with Crippen LogP contribution in [0.1, 0.15) is 167 Å². The number of carbonyl (C=O) groups excluding carboxylic acids is 1. The summed E-state index contributed by atoms with van der Waals surface area (Å²) in [6.07, 6.45) is 21.6. The maximum absolute atomic E-state index is 14.3. The molecule has 5 nitrogen and oxygen atoms in total. The van der Waals surface area contributed by atoms with Gasteiger partial charge in [-0.05, 0) is 104 Å². The van der Waals surface area contributed by atoms with E-state index >= 15 is 0 Å². The molecule has 5 saturated carbocycles. The van der Waals surface area contributed by atoms with Gasteiger partial charge in [0.15, 0.2) is 0 Å². The summed E-state index contributed by atoms with van der Waals surface area (Å²) in [4.78, 5) is 14.3. The van der Waals surface area contributed by atoms with E-state index in [9.17, 15) is 17.8 Å². The fourth-order valence-corrected chi connectivity index (χ4v) is 10.2. The summed E-state index contributed by atoms with van der Waals surface area (Å²) in [5.41, 5.74) is 2.84. The zero-order valence-electron chi connectivity index (χ0n) is 23.6. The van der Waals surface area contributed by atoms with Crippen LogP contribution in [-0.4, -0.2) is 24.4 Å². The van der Waals surface area contributed by atoms with Crippen LogP contribution in [0.4, 0.5) is 0 Å². The summed E-state index contributed by atoms with van der Waals surface area (Å²) in [5.74, 6) is 1.11. The molecule has 5 fully saturated rings. The first kappa shape index (κ1) is 27.8. The number of fused-ring (bicyclic) bond motifs is 2. The molecule has 0 amide bonds. The van der Waals surface area contributed by atoms with Gasteiger partial charge in [-0.3, -0.25) is 4.55 Å². The van der Waals surface area contributed by atoms with E-state index in [1.54, 1.807) is 0 Å². The van der Waals surface area contributed by atoms with E-state index in [0.29, 0.717) is 29.2 Å². The normalized spacial score (nSPS) is 29.9. The topological polar surface area (TPSA) is 80.7 Å². The summed E-state index contributed by atoms with van der Waals surface area (Å²) >= 11 is 0. The van der Waals surface area contributed by atoms with Gasteiger partial charge < -0.3 is 4.74 Å². The molecule has 0 aromatic heterocycles. The summed E-state index contributed by atoms with van der Waals surface area (Å²) in [7, 11) is -4.52. The molecule has 5 aliphatic rings. The maximum Gasteiger partial charge on any atom is 0.340 e. The predicted octanol–water partition coefficient (Wildman–Crippen LogP) is 8.64. The minimum atomic E-state index is -4.52. The molecule has 0 radical (unpaired) electrons. The van der Waals surface area contributed by atoms with E-state index in [0.717, 1.165) is 62.5 Å². The quantitative estimate of drug-likeness (QED) is 0.268. The molecule has 4 atom stereocenters. The van der Waals surface area contributed by atoms with Crippen LogP contribution < -0.4 is 0 Å². The van der Waals surface area contributed by atoms with Gasteiger partial charge in [-0.1, -0.05) is 76.3 Å². The Bertz CT molecular complexity index is 1090. The minimum Gasteiger partial charge on any atom is -0.439 e. The van der Waals surface area contributed by atoms with Gasteiger partial charge in [0.2, 0.25) is 5.44 Å². The van der Waals surface area contributed by atoms with E-state index in [1.807, 2.05) is 0 Å². The Labute approximate surface area is 235 Å². The van der Waals surface area contributed by atoms with Crippen molar-refractivity contribution in [2.75, 3.05) is 0 Å².